The van der Waals surface area contributed by atoms with E-state index in [-0.39, 0.29) is 0 Å². The van der Waals surface area contributed by atoms with Gasteiger partial charge in [0, 0.05) is 51.6 Å². The minimum atomic E-state index is 0.852. The maximum Gasteiger partial charge on any atom is 0.136 e. The Balaban J connectivity index is 0.924. The predicted molar refractivity (Wildman–Crippen MR) is 293 cm³/mol. The molecular weight excluding hydrogens is 863 g/mol. The summed E-state index contributed by atoms with van der Waals surface area (Å²) in [6, 6.07) is 81.9. The molecule has 0 fully saturated rings. The molecule has 0 atom stereocenters. The molecule has 0 radical (unpaired) electrons. The van der Waals surface area contributed by atoms with E-state index < -0.39 is 0 Å². The van der Waals surface area contributed by atoms with Crippen LogP contribution in [-0.4, -0.2) is 15.0 Å². The van der Waals surface area contributed by atoms with E-state index in [1.165, 1.54) is 44.5 Å². The summed E-state index contributed by atoms with van der Waals surface area (Å²) >= 11 is 0. The lowest BCUT2D eigenvalue weighted by Crippen LogP contribution is -1.99. The number of rotatable bonds is 13. The first-order chi connectivity index (χ1) is 35.1. The van der Waals surface area contributed by atoms with Crippen molar-refractivity contribution in [2.24, 2.45) is 0 Å². The first kappa shape index (κ1) is 43.3. The Kier molecular flexibility index (Phi) is 11.9. The van der Waals surface area contributed by atoms with Gasteiger partial charge in [-0.15, -0.1) is 0 Å². The fraction of sp³-hybridized carbons (Fsp3) is 0.0597. The normalized spacial score (nSPS) is 11.3. The Morgan fingerprint density at radius 3 is 1.37 bits per heavy atom. The van der Waals surface area contributed by atoms with Crippen molar-refractivity contribution in [1.29, 1.82) is 0 Å². The second-order valence-electron chi connectivity index (χ2n) is 18.3. The highest BCUT2D eigenvalue weighted by atomic mass is 16.3. The highest BCUT2D eigenvalue weighted by Gasteiger charge is 2.18. The Morgan fingerprint density at radius 1 is 0.254 bits per heavy atom. The summed E-state index contributed by atoms with van der Waals surface area (Å²) in [4.78, 5) is 15.0. The van der Waals surface area contributed by atoms with Crippen LogP contribution in [0.3, 0.4) is 0 Å². The van der Waals surface area contributed by atoms with E-state index in [0.717, 1.165) is 104 Å². The van der Waals surface area contributed by atoms with Crippen molar-refractivity contribution in [3.05, 3.63) is 271 Å². The Labute approximate surface area is 414 Å². The number of hydrogen-bond acceptors (Lipinski definition) is 4. The minimum absolute atomic E-state index is 0.852. The lowest BCUT2D eigenvalue weighted by atomic mass is 9.87. The monoisotopic (exact) mass is 911 g/mol. The quantitative estimate of drug-likeness (QED) is 0.116. The number of hydrogen-bond donors (Lipinski definition) is 0. The maximum absolute atomic E-state index is 6.36. The van der Waals surface area contributed by atoms with E-state index in [1.54, 1.807) is 0 Å². The summed E-state index contributed by atoms with van der Waals surface area (Å²) in [7, 11) is 0. The maximum atomic E-state index is 6.36. The number of pyridine rings is 3. The summed E-state index contributed by atoms with van der Waals surface area (Å²) in [6.45, 7) is 0. The Morgan fingerprint density at radius 2 is 0.746 bits per heavy atom. The van der Waals surface area contributed by atoms with Crippen LogP contribution in [-0.2, 0) is 25.7 Å². The first-order valence-corrected chi connectivity index (χ1v) is 24.5. The molecule has 0 spiro atoms. The zero-order valence-corrected chi connectivity index (χ0v) is 39.2. The lowest BCUT2D eigenvalue weighted by molar-refractivity contribution is 0.669. The lowest BCUT2D eigenvalue weighted by Gasteiger charge is -2.18. The third-order valence-corrected chi connectivity index (χ3v) is 13.7. The first-order valence-electron chi connectivity index (χ1n) is 24.5. The summed E-state index contributed by atoms with van der Waals surface area (Å²) < 4.78 is 6.36. The second kappa shape index (κ2) is 19.6. The smallest absolute Gasteiger partial charge is 0.136 e. The third-order valence-electron chi connectivity index (χ3n) is 13.7. The van der Waals surface area contributed by atoms with Crippen molar-refractivity contribution in [3.63, 3.8) is 0 Å². The van der Waals surface area contributed by atoms with Gasteiger partial charge in [0.15, 0.2) is 0 Å². The molecule has 4 nitrogen and oxygen atoms in total. The molecule has 0 aliphatic rings. The van der Waals surface area contributed by atoms with Crippen molar-refractivity contribution >= 4 is 21.9 Å². The number of para-hydroxylation sites is 1. The summed E-state index contributed by atoms with van der Waals surface area (Å²) in [5.74, 6) is 0. The van der Waals surface area contributed by atoms with Gasteiger partial charge in [-0.25, -0.2) is 0 Å². The summed E-state index contributed by atoms with van der Waals surface area (Å²) in [5, 5.41) is 2.22. The van der Waals surface area contributed by atoms with Crippen LogP contribution >= 0.6 is 0 Å². The number of nitrogens with zero attached hydrogens (tertiary/aromatic N) is 3. The molecule has 12 aromatic rings. The van der Waals surface area contributed by atoms with E-state index in [0.29, 0.717) is 0 Å². The van der Waals surface area contributed by atoms with Crippen molar-refractivity contribution < 1.29 is 4.42 Å². The van der Waals surface area contributed by atoms with Gasteiger partial charge in [-0.2, -0.15) is 0 Å². The van der Waals surface area contributed by atoms with Gasteiger partial charge in [0.1, 0.15) is 11.2 Å². The van der Waals surface area contributed by atoms with Crippen LogP contribution in [0.5, 0.6) is 0 Å². The zero-order chi connectivity index (χ0) is 47.3. The van der Waals surface area contributed by atoms with Gasteiger partial charge in [0.05, 0.1) is 17.1 Å². The van der Waals surface area contributed by atoms with Crippen molar-refractivity contribution in [1.82, 2.24) is 15.0 Å². The average Bonchev–Trinajstić information content (AvgIpc) is 3.83. The molecule has 71 heavy (non-hydrogen) atoms. The van der Waals surface area contributed by atoms with Crippen LogP contribution in [0.25, 0.3) is 100 Å². The van der Waals surface area contributed by atoms with Crippen molar-refractivity contribution in [2.75, 3.05) is 0 Å². The topological polar surface area (TPSA) is 51.8 Å². The fourth-order valence-electron chi connectivity index (χ4n) is 9.88. The minimum Gasteiger partial charge on any atom is -0.456 e. The largest absolute Gasteiger partial charge is 0.456 e. The van der Waals surface area contributed by atoms with Gasteiger partial charge < -0.3 is 4.42 Å². The number of furan rings is 1. The van der Waals surface area contributed by atoms with E-state index in [1.807, 2.05) is 36.7 Å². The van der Waals surface area contributed by atoms with Gasteiger partial charge >= 0.3 is 0 Å². The Hall–Kier alpha value is -8.99. The van der Waals surface area contributed by atoms with Gasteiger partial charge in [0.2, 0.25) is 0 Å². The van der Waals surface area contributed by atoms with Crippen LogP contribution in [0.4, 0.5) is 0 Å². The standard InChI is InChI=1S/C67H49N3O/c1-4-14-50(15-5-1)51-30-32-52(33-31-51)61-42-65(55-34-35-60-59-22-12-13-23-66(59)71-67(60)41-55)70-45-62(61)58-21-11-10-20-57(58)56-39-48(26-24-46-28-36-63(68-43-46)53-16-6-2-7-17-53)38-49(40-56)27-25-47-29-37-64(69-44-47)54-18-8-3-9-19-54/h1-23,28-45H,24-27H2. The number of fused-ring (bicyclic) bond motifs is 3. The van der Waals surface area contributed by atoms with Crippen molar-refractivity contribution in [3.8, 4) is 78.3 Å². The van der Waals surface area contributed by atoms with Crippen LogP contribution < -0.4 is 0 Å². The highest BCUT2D eigenvalue weighted by molar-refractivity contribution is 6.06. The number of aromatic nitrogens is 3. The highest BCUT2D eigenvalue weighted by Crippen LogP contribution is 2.41. The molecule has 4 heteroatoms. The van der Waals surface area contributed by atoms with Gasteiger partial charge in [0.25, 0.3) is 0 Å². The molecule has 12 rings (SSSR count). The zero-order valence-electron chi connectivity index (χ0n) is 39.2. The fourth-order valence-corrected chi connectivity index (χ4v) is 9.88. The molecule has 0 aliphatic heterocycles. The van der Waals surface area contributed by atoms with Crippen LogP contribution in [0, 0.1) is 0 Å². The van der Waals surface area contributed by atoms with E-state index in [4.69, 9.17) is 19.4 Å². The SMILES string of the molecule is c1ccc(-c2ccc(-c3cc(-c4ccc5c(c4)oc4ccccc45)ncc3-c3ccccc3-c3cc(CCc4ccc(-c5ccccc5)nc4)cc(CCc4ccc(-c5ccccc5)nc4)c3)cc2)cc1. The molecule has 0 amide bonds. The molecule has 338 valence electrons. The van der Waals surface area contributed by atoms with Crippen LogP contribution in [0.1, 0.15) is 22.3 Å². The van der Waals surface area contributed by atoms with E-state index >= 15 is 0 Å². The molecule has 4 heterocycles. The molecule has 0 aliphatic carbocycles. The molecule has 0 unspecified atom stereocenters. The molecule has 0 saturated carbocycles. The third kappa shape index (κ3) is 9.32. The molecule has 0 N–H and O–H groups in total. The van der Waals surface area contributed by atoms with E-state index in [9.17, 15) is 0 Å². The summed E-state index contributed by atoms with van der Waals surface area (Å²) in [6.07, 6.45) is 9.67. The molecule has 4 aromatic heterocycles. The predicted octanol–water partition coefficient (Wildman–Crippen LogP) is 17.0. The van der Waals surface area contributed by atoms with E-state index in [2.05, 4.69) is 212 Å². The van der Waals surface area contributed by atoms with Gasteiger partial charge in [-0.1, -0.05) is 194 Å². The molecule has 8 aromatic carbocycles. The molecule has 0 saturated heterocycles. The summed E-state index contributed by atoms with van der Waals surface area (Å²) in [5.41, 5.74) is 22.0. The molecular formula is C67H49N3O. The number of benzene rings is 8. The van der Waals surface area contributed by atoms with Crippen molar-refractivity contribution in [2.45, 2.75) is 25.7 Å². The average molecular weight is 912 g/mol. The second-order valence-corrected chi connectivity index (χ2v) is 18.3. The van der Waals surface area contributed by atoms with Gasteiger partial charge in [-0.3, -0.25) is 15.0 Å². The Bertz CT molecular complexity index is 3670. The molecule has 0 bridgehead atoms. The number of aryl methyl sites for hydroxylation is 4. The van der Waals surface area contributed by atoms with Crippen LogP contribution in [0.2, 0.25) is 0 Å². The van der Waals surface area contributed by atoms with Crippen LogP contribution in [0.15, 0.2) is 254 Å². The van der Waals surface area contributed by atoms with Gasteiger partial charge in [-0.05, 0) is 123 Å².